The van der Waals surface area contributed by atoms with Crippen molar-refractivity contribution in [1.29, 1.82) is 0 Å². The van der Waals surface area contributed by atoms with Crippen LogP contribution in [0.4, 0.5) is 0 Å². The molecule has 0 atom stereocenters. The molecule has 0 saturated heterocycles. The molecule has 2 nitrogen and oxygen atoms in total. The van der Waals surface area contributed by atoms with Gasteiger partial charge in [0.05, 0.1) is 0 Å². The molecule has 0 aliphatic rings. The van der Waals surface area contributed by atoms with Gasteiger partial charge in [0, 0.05) is 6.42 Å². The van der Waals surface area contributed by atoms with E-state index >= 15 is 0 Å². The van der Waals surface area contributed by atoms with Crippen LogP contribution in [0.25, 0.3) is 0 Å². The lowest BCUT2D eigenvalue weighted by atomic mass is 10.1. The molecule has 2 heteroatoms. The van der Waals surface area contributed by atoms with Crippen molar-refractivity contribution in [1.82, 2.24) is 0 Å². The summed E-state index contributed by atoms with van der Waals surface area (Å²) in [5.74, 6) is -0.693. The van der Waals surface area contributed by atoms with Crippen LogP contribution in [0.1, 0.15) is 71.1 Å². The molecule has 0 aliphatic heterocycles. The summed E-state index contributed by atoms with van der Waals surface area (Å²) in [6.45, 7) is 2.17. The van der Waals surface area contributed by atoms with Gasteiger partial charge in [0.15, 0.2) is 0 Å². The molecule has 0 fully saturated rings. The molecule has 0 aliphatic carbocycles. The predicted molar refractivity (Wildman–Crippen MR) is 86.9 cm³/mol. The zero-order valence-electron chi connectivity index (χ0n) is 12.9. The van der Waals surface area contributed by atoms with Gasteiger partial charge in [-0.05, 0) is 57.8 Å². The average Bonchev–Trinajstić information content (AvgIpc) is 2.43. The highest BCUT2D eigenvalue weighted by molar-refractivity contribution is 5.66. The highest BCUT2D eigenvalue weighted by Crippen LogP contribution is 2.04. The smallest absolute Gasteiger partial charge is 0.303 e. The van der Waals surface area contributed by atoms with Gasteiger partial charge in [0.2, 0.25) is 0 Å². The number of carboxylic acid groups (broad SMARTS) is 1. The molecule has 0 spiro atoms. The Kier molecular flexibility index (Phi) is 14.7. The van der Waals surface area contributed by atoms with E-state index in [2.05, 4.69) is 43.4 Å². The minimum absolute atomic E-state index is 0.293. The standard InChI is InChI=1S/C18H30O2/c1-2-3-4-5-6-7-8-9-10-11-12-13-14-15-16-17-18(19)20/h3-4,9-10,12-13H,2,5-8,11,14-17H2,1H3,(H,19,20). The Morgan fingerprint density at radius 2 is 1.30 bits per heavy atom. The van der Waals surface area contributed by atoms with E-state index in [1.807, 2.05) is 0 Å². The summed E-state index contributed by atoms with van der Waals surface area (Å²) in [6, 6.07) is 0. The Morgan fingerprint density at radius 3 is 1.80 bits per heavy atom. The molecule has 0 saturated carbocycles. The number of carboxylic acids is 1. The van der Waals surface area contributed by atoms with E-state index in [0.717, 1.165) is 32.1 Å². The summed E-state index contributed by atoms with van der Waals surface area (Å²) in [5.41, 5.74) is 0. The maximum atomic E-state index is 10.3. The largest absolute Gasteiger partial charge is 0.481 e. The minimum Gasteiger partial charge on any atom is -0.481 e. The van der Waals surface area contributed by atoms with Gasteiger partial charge in [-0.25, -0.2) is 0 Å². The molecular formula is C18H30O2. The van der Waals surface area contributed by atoms with Gasteiger partial charge >= 0.3 is 5.97 Å². The summed E-state index contributed by atoms with van der Waals surface area (Å²) in [7, 11) is 0. The second-order valence-electron chi connectivity index (χ2n) is 4.98. The molecule has 0 aromatic carbocycles. The van der Waals surface area contributed by atoms with E-state index in [1.54, 1.807) is 0 Å². The normalized spacial score (nSPS) is 12.1. The van der Waals surface area contributed by atoms with Crippen LogP contribution in [-0.2, 0) is 4.79 Å². The van der Waals surface area contributed by atoms with E-state index < -0.39 is 5.97 Å². The first-order valence-corrected chi connectivity index (χ1v) is 7.94. The van der Waals surface area contributed by atoms with Gasteiger partial charge in [-0.3, -0.25) is 4.79 Å². The van der Waals surface area contributed by atoms with Crippen molar-refractivity contribution in [3.63, 3.8) is 0 Å². The first kappa shape index (κ1) is 18.7. The fourth-order valence-corrected chi connectivity index (χ4v) is 1.85. The first-order valence-electron chi connectivity index (χ1n) is 7.94. The second kappa shape index (κ2) is 15.7. The Bertz CT molecular complexity index is 301. The molecule has 1 N–H and O–H groups in total. The Morgan fingerprint density at radius 1 is 0.800 bits per heavy atom. The van der Waals surface area contributed by atoms with Crippen LogP contribution in [0.3, 0.4) is 0 Å². The Balaban J connectivity index is 3.26. The second-order valence-corrected chi connectivity index (χ2v) is 4.98. The lowest BCUT2D eigenvalue weighted by molar-refractivity contribution is -0.137. The number of hydrogen-bond donors (Lipinski definition) is 1. The third kappa shape index (κ3) is 16.7. The quantitative estimate of drug-likeness (QED) is 0.348. The molecule has 0 amide bonds. The fraction of sp³-hybridized carbons (Fsp3) is 0.611. The van der Waals surface area contributed by atoms with E-state index in [0.29, 0.717) is 6.42 Å². The molecule has 0 radical (unpaired) electrons. The summed E-state index contributed by atoms with van der Waals surface area (Å²) < 4.78 is 0. The fourth-order valence-electron chi connectivity index (χ4n) is 1.85. The van der Waals surface area contributed by atoms with Crippen molar-refractivity contribution in [2.24, 2.45) is 0 Å². The zero-order valence-corrected chi connectivity index (χ0v) is 12.9. The van der Waals surface area contributed by atoms with Gasteiger partial charge in [-0.15, -0.1) is 0 Å². The van der Waals surface area contributed by atoms with Gasteiger partial charge in [0.1, 0.15) is 0 Å². The number of aliphatic carboxylic acids is 1. The lowest BCUT2D eigenvalue weighted by Crippen LogP contribution is -1.92. The number of allylic oxidation sites excluding steroid dienone is 6. The van der Waals surface area contributed by atoms with Crippen LogP contribution in [-0.4, -0.2) is 11.1 Å². The zero-order chi connectivity index (χ0) is 14.9. The van der Waals surface area contributed by atoms with Crippen molar-refractivity contribution in [3.8, 4) is 0 Å². The SMILES string of the molecule is CCC=CCCCCC=CCC=CCCCCC(=O)O. The molecule has 0 aromatic rings. The van der Waals surface area contributed by atoms with E-state index in [-0.39, 0.29) is 0 Å². The van der Waals surface area contributed by atoms with Gasteiger partial charge in [-0.1, -0.05) is 43.4 Å². The van der Waals surface area contributed by atoms with Gasteiger partial charge < -0.3 is 5.11 Å². The Labute approximate surface area is 124 Å². The number of hydrogen-bond acceptors (Lipinski definition) is 1. The first-order chi connectivity index (χ1) is 9.77. The molecule has 0 unspecified atom stereocenters. The number of unbranched alkanes of at least 4 members (excludes halogenated alkanes) is 5. The number of carbonyl (C=O) groups is 1. The van der Waals surface area contributed by atoms with Crippen molar-refractivity contribution >= 4 is 5.97 Å². The van der Waals surface area contributed by atoms with Crippen LogP contribution >= 0.6 is 0 Å². The predicted octanol–water partition coefficient (Wildman–Crippen LogP) is 5.66. The van der Waals surface area contributed by atoms with Gasteiger partial charge in [-0.2, -0.15) is 0 Å². The maximum absolute atomic E-state index is 10.3. The summed E-state index contributed by atoms with van der Waals surface area (Å²) in [5, 5.41) is 8.49. The highest BCUT2D eigenvalue weighted by atomic mass is 16.4. The van der Waals surface area contributed by atoms with Crippen LogP contribution < -0.4 is 0 Å². The van der Waals surface area contributed by atoms with Crippen LogP contribution in [0, 0.1) is 0 Å². The lowest BCUT2D eigenvalue weighted by Gasteiger charge is -1.93. The van der Waals surface area contributed by atoms with E-state index in [9.17, 15) is 4.79 Å². The van der Waals surface area contributed by atoms with E-state index in [4.69, 9.17) is 5.11 Å². The van der Waals surface area contributed by atoms with Crippen molar-refractivity contribution in [3.05, 3.63) is 36.5 Å². The van der Waals surface area contributed by atoms with Crippen LogP contribution in [0.2, 0.25) is 0 Å². The molecule has 0 heterocycles. The van der Waals surface area contributed by atoms with Crippen LogP contribution in [0.5, 0.6) is 0 Å². The Hall–Kier alpha value is -1.31. The molecule has 114 valence electrons. The highest BCUT2D eigenvalue weighted by Gasteiger charge is 1.93. The molecular weight excluding hydrogens is 248 g/mol. The maximum Gasteiger partial charge on any atom is 0.303 e. The summed E-state index contributed by atoms with van der Waals surface area (Å²) >= 11 is 0. The minimum atomic E-state index is -0.693. The third-order valence-electron chi connectivity index (χ3n) is 3.01. The molecule has 0 rings (SSSR count). The van der Waals surface area contributed by atoms with Crippen molar-refractivity contribution < 1.29 is 9.90 Å². The van der Waals surface area contributed by atoms with Crippen molar-refractivity contribution in [2.75, 3.05) is 0 Å². The third-order valence-corrected chi connectivity index (χ3v) is 3.01. The number of rotatable bonds is 13. The molecule has 0 bridgehead atoms. The van der Waals surface area contributed by atoms with Gasteiger partial charge in [0.25, 0.3) is 0 Å². The van der Waals surface area contributed by atoms with Crippen molar-refractivity contribution in [2.45, 2.75) is 71.1 Å². The monoisotopic (exact) mass is 278 g/mol. The average molecular weight is 278 g/mol. The molecule has 0 aromatic heterocycles. The topological polar surface area (TPSA) is 37.3 Å². The van der Waals surface area contributed by atoms with Crippen LogP contribution in [0.15, 0.2) is 36.5 Å². The summed E-state index contributed by atoms with van der Waals surface area (Å²) in [4.78, 5) is 10.3. The van der Waals surface area contributed by atoms with E-state index in [1.165, 1.54) is 25.7 Å². The molecule has 20 heavy (non-hydrogen) atoms. The summed E-state index contributed by atoms with van der Waals surface area (Å²) in [6.07, 6.45) is 23.4.